The van der Waals surface area contributed by atoms with Gasteiger partial charge in [-0.15, -0.1) is 0 Å². The lowest BCUT2D eigenvalue weighted by molar-refractivity contribution is 0.0983. The van der Waals surface area contributed by atoms with E-state index in [9.17, 15) is 4.79 Å². The summed E-state index contributed by atoms with van der Waals surface area (Å²) in [6.45, 7) is 2.41. The normalized spacial score (nSPS) is 10.1. The number of hydrogen-bond donors (Lipinski definition) is 1. The molecular weight excluding hydrogens is 228 g/mol. The quantitative estimate of drug-likeness (QED) is 0.889. The highest BCUT2D eigenvalue weighted by Gasteiger charge is 2.17. The van der Waals surface area contributed by atoms with E-state index in [1.54, 1.807) is 41.4 Å². The van der Waals surface area contributed by atoms with Crippen LogP contribution in [0, 0.1) is 0 Å². The van der Waals surface area contributed by atoms with Gasteiger partial charge in [0.15, 0.2) is 0 Å². The van der Waals surface area contributed by atoms with E-state index in [2.05, 4.69) is 9.97 Å². The number of amides is 1. The van der Waals surface area contributed by atoms with Gasteiger partial charge in [0.2, 0.25) is 0 Å². The molecule has 0 saturated heterocycles. The summed E-state index contributed by atoms with van der Waals surface area (Å²) in [5.41, 5.74) is 6.55. The molecule has 0 aromatic carbocycles. The highest BCUT2D eigenvalue weighted by Crippen LogP contribution is 2.14. The van der Waals surface area contributed by atoms with Crippen LogP contribution in [0.4, 0.5) is 11.5 Å². The molecule has 0 spiro atoms. The lowest BCUT2D eigenvalue weighted by Crippen LogP contribution is -2.31. The van der Waals surface area contributed by atoms with Gasteiger partial charge >= 0.3 is 0 Å². The highest BCUT2D eigenvalue weighted by atomic mass is 16.2. The monoisotopic (exact) mass is 242 g/mol. The van der Waals surface area contributed by atoms with Gasteiger partial charge in [-0.1, -0.05) is 6.07 Å². The molecule has 0 aliphatic heterocycles. The van der Waals surface area contributed by atoms with Crippen LogP contribution in [-0.4, -0.2) is 22.4 Å². The van der Waals surface area contributed by atoms with Crippen molar-refractivity contribution >= 4 is 17.4 Å². The second-order valence-corrected chi connectivity index (χ2v) is 3.71. The molecule has 2 aromatic rings. The molecule has 0 aliphatic rings. The second-order valence-electron chi connectivity index (χ2n) is 3.71. The molecule has 2 aromatic heterocycles. The molecule has 0 fully saturated rings. The first-order chi connectivity index (χ1) is 8.72. The lowest BCUT2D eigenvalue weighted by atomic mass is 10.3. The second kappa shape index (κ2) is 5.27. The van der Waals surface area contributed by atoms with Crippen LogP contribution >= 0.6 is 0 Å². The number of anilines is 2. The summed E-state index contributed by atoms with van der Waals surface area (Å²) in [6, 6.07) is 8.68. The van der Waals surface area contributed by atoms with Crippen molar-refractivity contribution in [1.29, 1.82) is 0 Å². The molecule has 0 atom stereocenters. The average molecular weight is 242 g/mol. The minimum atomic E-state index is -0.171. The Labute approximate surface area is 105 Å². The SMILES string of the molecule is CCN(C(=O)c1ccccn1)c1ccc(N)cn1. The van der Waals surface area contributed by atoms with E-state index in [1.165, 1.54) is 6.20 Å². The Morgan fingerprint density at radius 1 is 1.28 bits per heavy atom. The van der Waals surface area contributed by atoms with E-state index in [-0.39, 0.29) is 5.91 Å². The lowest BCUT2D eigenvalue weighted by Gasteiger charge is -2.19. The summed E-state index contributed by atoms with van der Waals surface area (Å²) in [6.07, 6.45) is 3.13. The van der Waals surface area contributed by atoms with Gasteiger partial charge in [-0.2, -0.15) is 0 Å². The number of carbonyl (C=O) groups excluding carboxylic acids is 1. The highest BCUT2D eigenvalue weighted by molar-refractivity contribution is 6.04. The Balaban J connectivity index is 2.29. The van der Waals surface area contributed by atoms with Crippen LogP contribution in [0.5, 0.6) is 0 Å². The standard InChI is InChI=1S/C13H14N4O/c1-2-17(12-7-6-10(14)9-16-12)13(18)11-5-3-4-8-15-11/h3-9H,2,14H2,1H3. The smallest absolute Gasteiger partial charge is 0.278 e. The molecule has 5 nitrogen and oxygen atoms in total. The molecule has 2 N–H and O–H groups in total. The number of carbonyl (C=O) groups is 1. The van der Waals surface area contributed by atoms with E-state index in [0.717, 1.165) is 0 Å². The molecule has 18 heavy (non-hydrogen) atoms. The third-order valence-corrected chi connectivity index (χ3v) is 2.49. The number of hydrogen-bond acceptors (Lipinski definition) is 4. The summed E-state index contributed by atoms with van der Waals surface area (Å²) in [5, 5.41) is 0. The maximum atomic E-state index is 12.3. The van der Waals surface area contributed by atoms with Crippen molar-refractivity contribution in [2.45, 2.75) is 6.92 Å². The first kappa shape index (κ1) is 12.0. The molecule has 92 valence electrons. The Morgan fingerprint density at radius 2 is 2.11 bits per heavy atom. The number of nitrogen functional groups attached to an aromatic ring is 1. The zero-order chi connectivity index (χ0) is 13.0. The van der Waals surface area contributed by atoms with Crippen molar-refractivity contribution in [1.82, 2.24) is 9.97 Å². The molecule has 0 bridgehead atoms. The average Bonchev–Trinajstić information content (AvgIpc) is 2.42. The molecule has 2 rings (SSSR count). The molecule has 1 amide bonds. The number of pyridine rings is 2. The van der Waals surface area contributed by atoms with Gasteiger partial charge < -0.3 is 5.73 Å². The number of rotatable bonds is 3. The van der Waals surface area contributed by atoms with Gasteiger partial charge in [0, 0.05) is 12.7 Å². The van der Waals surface area contributed by atoms with Crippen LogP contribution in [0.3, 0.4) is 0 Å². The van der Waals surface area contributed by atoms with E-state index in [0.29, 0.717) is 23.7 Å². The molecule has 0 unspecified atom stereocenters. The third-order valence-electron chi connectivity index (χ3n) is 2.49. The molecule has 0 radical (unpaired) electrons. The van der Waals surface area contributed by atoms with E-state index in [1.807, 2.05) is 6.92 Å². The predicted molar refractivity (Wildman–Crippen MR) is 70.2 cm³/mol. The molecule has 0 saturated carbocycles. The van der Waals surface area contributed by atoms with Crippen molar-refractivity contribution in [2.75, 3.05) is 17.2 Å². The number of aromatic nitrogens is 2. The van der Waals surface area contributed by atoms with Crippen LogP contribution in [0.2, 0.25) is 0 Å². The van der Waals surface area contributed by atoms with Crippen molar-refractivity contribution in [2.24, 2.45) is 0 Å². The number of nitrogens with zero attached hydrogens (tertiary/aromatic N) is 3. The Morgan fingerprint density at radius 3 is 2.67 bits per heavy atom. The van der Waals surface area contributed by atoms with Gasteiger partial charge in [-0.3, -0.25) is 14.7 Å². The van der Waals surface area contributed by atoms with Crippen molar-refractivity contribution < 1.29 is 4.79 Å². The zero-order valence-electron chi connectivity index (χ0n) is 10.1. The van der Waals surface area contributed by atoms with E-state index in [4.69, 9.17) is 5.73 Å². The van der Waals surface area contributed by atoms with Crippen LogP contribution in [-0.2, 0) is 0 Å². The fourth-order valence-electron chi connectivity index (χ4n) is 1.59. The van der Waals surface area contributed by atoms with E-state index < -0.39 is 0 Å². The van der Waals surface area contributed by atoms with Gasteiger partial charge in [0.05, 0.1) is 11.9 Å². The van der Waals surface area contributed by atoms with Crippen molar-refractivity contribution in [3.8, 4) is 0 Å². The minimum Gasteiger partial charge on any atom is -0.397 e. The van der Waals surface area contributed by atoms with Crippen molar-refractivity contribution in [3.63, 3.8) is 0 Å². The van der Waals surface area contributed by atoms with Gasteiger partial charge in [0.25, 0.3) is 5.91 Å². The summed E-state index contributed by atoms with van der Waals surface area (Å²) in [4.78, 5) is 22.0. The van der Waals surface area contributed by atoms with E-state index >= 15 is 0 Å². The summed E-state index contributed by atoms with van der Waals surface area (Å²) >= 11 is 0. The summed E-state index contributed by atoms with van der Waals surface area (Å²) in [5.74, 6) is 0.401. The van der Waals surface area contributed by atoms with Crippen LogP contribution in [0.25, 0.3) is 0 Å². The topological polar surface area (TPSA) is 72.1 Å². The van der Waals surface area contributed by atoms with Gasteiger partial charge in [0.1, 0.15) is 11.5 Å². The first-order valence-corrected chi connectivity index (χ1v) is 5.66. The number of nitrogens with two attached hydrogens (primary N) is 1. The van der Waals surface area contributed by atoms with Crippen LogP contribution in [0.1, 0.15) is 17.4 Å². The Kier molecular flexibility index (Phi) is 3.52. The minimum absolute atomic E-state index is 0.171. The van der Waals surface area contributed by atoms with Crippen LogP contribution < -0.4 is 10.6 Å². The summed E-state index contributed by atoms with van der Waals surface area (Å²) < 4.78 is 0. The van der Waals surface area contributed by atoms with Crippen molar-refractivity contribution in [3.05, 3.63) is 48.4 Å². The maximum Gasteiger partial charge on any atom is 0.278 e. The third kappa shape index (κ3) is 2.45. The molecule has 0 aliphatic carbocycles. The van der Waals surface area contributed by atoms with Gasteiger partial charge in [-0.05, 0) is 31.2 Å². The fourth-order valence-corrected chi connectivity index (χ4v) is 1.59. The molecule has 2 heterocycles. The molecular formula is C13H14N4O. The zero-order valence-corrected chi connectivity index (χ0v) is 10.1. The first-order valence-electron chi connectivity index (χ1n) is 5.66. The predicted octanol–water partition coefficient (Wildman–Crippen LogP) is 1.73. The molecule has 5 heteroatoms. The fraction of sp³-hybridized carbons (Fsp3) is 0.154. The summed E-state index contributed by atoms with van der Waals surface area (Å²) in [7, 11) is 0. The maximum absolute atomic E-state index is 12.3. The van der Waals surface area contributed by atoms with Gasteiger partial charge in [-0.25, -0.2) is 4.98 Å². The van der Waals surface area contributed by atoms with Crippen LogP contribution in [0.15, 0.2) is 42.7 Å². The largest absolute Gasteiger partial charge is 0.397 e. The Hall–Kier alpha value is -2.43. The Bertz CT molecular complexity index is 524.